The standard InChI is InChI=1S/C15H14Br2FNS/c16-11-3-5-14(6-4-11)20-9-13(19)7-10-1-2-12(17)8-15(10)18/h1-6,8,13H,7,9,19H2. The van der Waals surface area contributed by atoms with Crippen molar-refractivity contribution in [1.82, 2.24) is 0 Å². The lowest BCUT2D eigenvalue weighted by Gasteiger charge is -2.12. The SMILES string of the molecule is NC(CSc1ccc(Br)cc1)Cc1ccc(Br)cc1F. The lowest BCUT2D eigenvalue weighted by molar-refractivity contribution is 0.596. The average Bonchev–Trinajstić information content (AvgIpc) is 2.41. The number of rotatable bonds is 5. The Kier molecular flexibility index (Phi) is 6.08. The van der Waals surface area contributed by atoms with E-state index < -0.39 is 0 Å². The summed E-state index contributed by atoms with van der Waals surface area (Å²) in [6, 6.07) is 13.1. The molecule has 0 spiro atoms. The number of thioether (sulfide) groups is 1. The Morgan fingerprint density at radius 2 is 1.70 bits per heavy atom. The van der Waals surface area contributed by atoms with Gasteiger partial charge in [-0.1, -0.05) is 37.9 Å². The molecule has 0 aliphatic carbocycles. The highest BCUT2D eigenvalue weighted by Gasteiger charge is 2.09. The molecular formula is C15H14Br2FNS. The molecule has 1 unspecified atom stereocenters. The molecule has 0 saturated heterocycles. The van der Waals surface area contributed by atoms with E-state index in [2.05, 4.69) is 31.9 Å². The fraction of sp³-hybridized carbons (Fsp3) is 0.200. The Hall–Kier alpha value is -0.360. The van der Waals surface area contributed by atoms with Crippen LogP contribution in [0, 0.1) is 5.82 Å². The molecule has 0 amide bonds. The van der Waals surface area contributed by atoms with Crippen LogP contribution in [0.5, 0.6) is 0 Å². The summed E-state index contributed by atoms with van der Waals surface area (Å²) in [5.74, 6) is 0.556. The zero-order valence-electron chi connectivity index (χ0n) is 10.7. The quantitative estimate of drug-likeness (QED) is 0.690. The summed E-state index contributed by atoms with van der Waals surface area (Å²) in [6.45, 7) is 0. The number of hydrogen-bond donors (Lipinski definition) is 1. The first-order valence-electron chi connectivity index (χ1n) is 6.12. The van der Waals surface area contributed by atoms with Crippen LogP contribution in [-0.2, 0) is 6.42 Å². The van der Waals surface area contributed by atoms with Gasteiger partial charge in [-0.25, -0.2) is 4.39 Å². The van der Waals surface area contributed by atoms with E-state index in [0.717, 1.165) is 14.7 Å². The van der Waals surface area contributed by atoms with Crippen LogP contribution in [0.4, 0.5) is 4.39 Å². The van der Waals surface area contributed by atoms with E-state index in [1.807, 2.05) is 30.3 Å². The van der Waals surface area contributed by atoms with E-state index in [9.17, 15) is 4.39 Å². The van der Waals surface area contributed by atoms with Gasteiger partial charge in [0.1, 0.15) is 5.82 Å². The Morgan fingerprint density at radius 3 is 2.35 bits per heavy atom. The molecule has 1 atom stereocenters. The van der Waals surface area contributed by atoms with Crippen LogP contribution in [-0.4, -0.2) is 11.8 Å². The zero-order chi connectivity index (χ0) is 14.5. The lowest BCUT2D eigenvalue weighted by atomic mass is 10.1. The van der Waals surface area contributed by atoms with Crippen molar-refractivity contribution < 1.29 is 4.39 Å². The minimum absolute atomic E-state index is 0.0701. The number of benzene rings is 2. The van der Waals surface area contributed by atoms with E-state index in [1.165, 1.54) is 11.0 Å². The molecule has 0 saturated carbocycles. The second kappa shape index (κ2) is 7.59. The normalized spacial score (nSPS) is 12.4. The number of hydrogen-bond acceptors (Lipinski definition) is 2. The maximum atomic E-state index is 13.7. The van der Waals surface area contributed by atoms with E-state index in [4.69, 9.17) is 5.73 Å². The summed E-state index contributed by atoms with van der Waals surface area (Å²) in [5, 5.41) is 0. The van der Waals surface area contributed by atoms with Crippen LogP contribution in [0.15, 0.2) is 56.3 Å². The van der Waals surface area contributed by atoms with Crippen LogP contribution in [0.25, 0.3) is 0 Å². The van der Waals surface area contributed by atoms with Gasteiger partial charge in [0.2, 0.25) is 0 Å². The molecule has 106 valence electrons. The summed E-state index contributed by atoms with van der Waals surface area (Å²) in [7, 11) is 0. The summed E-state index contributed by atoms with van der Waals surface area (Å²) in [4.78, 5) is 1.17. The molecule has 0 heterocycles. The van der Waals surface area contributed by atoms with Crippen LogP contribution in [0.2, 0.25) is 0 Å². The first-order chi connectivity index (χ1) is 9.54. The molecule has 0 aliphatic rings. The molecule has 5 heteroatoms. The molecule has 20 heavy (non-hydrogen) atoms. The van der Waals surface area contributed by atoms with Gasteiger partial charge in [0, 0.05) is 25.6 Å². The predicted octanol–water partition coefficient (Wildman–Crippen LogP) is 5.01. The lowest BCUT2D eigenvalue weighted by Crippen LogP contribution is -2.26. The minimum atomic E-state index is -0.205. The zero-order valence-corrected chi connectivity index (χ0v) is 14.6. The molecule has 2 N–H and O–H groups in total. The van der Waals surface area contributed by atoms with Crippen molar-refractivity contribution in [2.45, 2.75) is 17.4 Å². The Morgan fingerprint density at radius 1 is 1.05 bits per heavy atom. The Bertz CT molecular complexity index is 575. The van der Waals surface area contributed by atoms with Gasteiger partial charge >= 0.3 is 0 Å². The third-order valence-corrected chi connectivity index (χ3v) is 5.00. The van der Waals surface area contributed by atoms with Crippen molar-refractivity contribution >= 4 is 43.6 Å². The second-order valence-corrected chi connectivity index (χ2v) is 7.39. The molecule has 0 aliphatic heterocycles. The summed E-state index contributed by atoms with van der Waals surface area (Å²) in [6.07, 6.45) is 0.544. The van der Waals surface area contributed by atoms with Gasteiger partial charge in [-0.2, -0.15) is 0 Å². The molecule has 2 aromatic carbocycles. The monoisotopic (exact) mass is 417 g/mol. The van der Waals surface area contributed by atoms with Gasteiger partial charge < -0.3 is 5.73 Å². The maximum Gasteiger partial charge on any atom is 0.127 e. The van der Waals surface area contributed by atoms with Crippen molar-refractivity contribution in [3.63, 3.8) is 0 Å². The predicted molar refractivity (Wildman–Crippen MR) is 90.6 cm³/mol. The second-order valence-electron chi connectivity index (χ2n) is 4.46. The summed E-state index contributed by atoms with van der Waals surface area (Å²) >= 11 is 8.34. The van der Waals surface area contributed by atoms with E-state index in [0.29, 0.717) is 12.0 Å². The Balaban J connectivity index is 1.89. The molecular weight excluding hydrogens is 405 g/mol. The van der Waals surface area contributed by atoms with Crippen molar-refractivity contribution in [1.29, 1.82) is 0 Å². The smallest absolute Gasteiger partial charge is 0.127 e. The van der Waals surface area contributed by atoms with Crippen LogP contribution >= 0.6 is 43.6 Å². The number of nitrogens with two attached hydrogens (primary N) is 1. The van der Waals surface area contributed by atoms with Crippen molar-refractivity contribution in [3.8, 4) is 0 Å². The maximum absolute atomic E-state index is 13.7. The van der Waals surface area contributed by atoms with E-state index in [-0.39, 0.29) is 11.9 Å². The van der Waals surface area contributed by atoms with Crippen LogP contribution in [0.3, 0.4) is 0 Å². The third kappa shape index (κ3) is 4.88. The van der Waals surface area contributed by atoms with Gasteiger partial charge in [0.25, 0.3) is 0 Å². The molecule has 2 aromatic rings. The Labute approximate surface area is 139 Å². The highest BCUT2D eigenvalue weighted by Crippen LogP contribution is 2.22. The third-order valence-electron chi connectivity index (χ3n) is 2.77. The largest absolute Gasteiger partial charge is 0.327 e. The topological polar surface area (TPSA) is 26.0 Å². The fourth-order valence-electron chi connectivity index (χ4n) is 1.76. The van der Waals surface area contributed by atoms with Crippen molar-refractivity contribution in [2.24, 2.45) is 5.73 Å². The minimum Gasteiger partial charge on any atom is -0.327 e. The highest BCUT2D eigenvalue weighted by molar-refractivity contribution is 9.10. The molecule has 0 aromatic heterocycles. The first kappa shape index (κ1) is 16.0. The van der Waals surface area contributed by atoms with Gasteiger partial charge in [-0.05, 0) is 48.4 Å². The number of halogens is 3. The van der Waals surface area contributed by atoms with Crippen LogP contribution in [0.1, 0.15) is 5.56 Å². The van der Waals surface area contributed by atoms with E-state index >= 15 is 0 Å². The van der Waals surface area contributed by atoms with Gasteiger partial charge in [0.05, 0.1) is 0 Å². The van der Waals surface area contributed by atoms with Crippen molar-refractivity contribution in [3.05, 3.63) is 62.8 Å². The fourth-order valence-corrected chi connectivity index (χ4v) is 3.21. The van der Waals surface area contributed by atoms with Gasteiger partial charge in [-0.3, -0.25) is 0 Å². The average molecular weight is 419 g/mol. The molecule has 1 nitrogen and oxygen atoms in total. The molecule has 0 radical (unpaired) electrons. The van der Waals surface area contributed by atoms with Gasteiger partial charge in [0.15, 0.2) is 0 Å². The summed E-state index contributed by atoms with van der Waals surface area (Å²) in [5.41, 5.74) is 6.75. The molecule has 0 fully saturated rings. The van der Waals surface area contributed by atoms with Crippen molar-refractivity contribution in [2.75, 3.05) is 5.75 Å². The first-order valence-corrected chi connectivity index (χ1v) is 8.69. The molecule has 0 bridgehead atoms. The molecule has 2 rings (SSSR count). The summed E-state index contributed by atoms with van der Waals surface area (Å²) < 4.78 is 15.5. The highest BCUT2D eigenvalue weighted by atomic mass is 79.9. The van der Waals surface area contributed by atoms with Gasteiger partial charge in [-0.15, -0.1) is 11.8 Å². The van der Waals surface area contributed by atoms with Crippen LogP contribution < -0.4 is 5.73 Å². The van der Waals surface area contributed by atoms with E-state index in [1.54, 1.807) is 17.8 Å².